The lowest BCUT2D eigenvalue weighted by Gasteiger charge is -2.26. The highest BCUT2D eigenvalue weighted by atomic mass is 32.1. The minimum absolute atomic E-state index is 0.0941. The second-order valence-corrected chi connectivity index (χ2v) is 7.36. The summed E-state index contributed by atoms with van der Waals surface area (Å²) in [5, 5.41) is 2.14. The third-order valence-electron chi connectivity index (χ3n) is 5.12. The molecule has 0 N–H and O–H groups in total. The number of thiophene rings is 1. The molecule has 1 aromatic heterocycles. The molecule has 1 fully saturated rings. The van der Waals surface area contributed by atoms with E-state index in [4.69, 9.17) is 0 Å². The summed E-state index contributed by atoms with van der Waals surface area (Å²) in [6, 6.07) is 10.6. The molecule has 0 saturated heterocycles. The summed E-state index contributed by atoms with van der Waals surface area (Å²) in [6.07, 6.45) is 7.22. The Morgan fingerprint density at radius 1 is 1.10 bits per heavy atom. The molecule has 0 amide bonds. The molecular formula is C19H20OS. The highest BCUT2D eigenvalue weighted by molar-refractivity contribution is 7.10. The topological polar surface area (TPSA) is 17.1 Å². The molecule has 2 aliphatic rings. The summed E-state index contributed by atoms with van der Waals surface area (Å²) < 4.78 is 0. The lowest BCUT2D eigenvalue weighted by molar-refractivity contribution is 0.0951. The van der Waals surface area contributed by atoms with Crippen LogP contribution in [0.2, 0.25) is 0 Å². The van der Waals surface area contributed by atoms with Crippen molar-refractivity contribution in [3.8, 4) is 0 Å². The molecule has 0 bridgehead atoms. The van der Waals surface area contributed by atoms with Gasteiger partial charge in [-0.25, -0.2) is 0 Å². The van der Waals surface area contributed by atoms with Crippen molar-refractivity contribution in [2.45, 2.75) is 50.4 Å². The molecule has 108 valence electrons. The lowest BCUT2D eigenvalue weighted by atomic mass is 9.78. The summed E-state index contributed by atoms with van der Waals surface area (Å²) in [4.78, 5) is 14.4. The quantitative estimate of drug-likeness (QED) is 0.701. The standard InChI is InChI=1S/C19H20OS/c20-19(17-8-3-9-18-16(17)10-11-21-18)15-7-2-6-14(12-15)13-4-1-5-13/h2,6-7,10-13,17H,1,3-5,8-9H2. The smallest absolute Gasteiger partial charge is 0.170 e. The Morgan fingerprint density at radius 2 is 2.00 bits per heavy atom. The fourth-order valence-corrected chi connectivity index (χ4v) is 4.63. The van der Waals surface area contributed by atoms with Crippen LogP contribution < -0.4 is 0 Å². The first-order valence-electron chi connectivity index (χ1n) is 8.03. The molecule has 1 nitrogen and oxygen atoms in total. The molecule has 1 atom stereocenters. The van der Waals surface area contributed by atoms with E-state index in [9.17, 15) is 4.79 Å². The second-order valence-electron chi connectivity index (χ2n) is 6.36. The number of fused-ring (bicyclic) bond motifs is 1. The van der Waals surface area contributed by atoms with Gasteiger partial charge < -0.3 is 0 Å². The van der Waals surface area contributed by atoms with Crippen LogP contribution in [0.3, 0.4) is 0 Å². The molecule has 1 unspecified atom stereocenters. The van der Waals surface area contributed by atoms with Crippen LogP contribution in [0.5, 0.6) is 0 Å². The van der Waals surface area contributed by atoms with Crippen molar-refractivity contribution in [1.82, 2.24) is 0 Å². The van der Waals surface area contributed by atoms with Gasteiger partial charge in [-0.3, -0.25) is 4.79 Å². The van der Waals surface area contributed by atoms with Gasteiger partial charge in [0.05, 0.1) is 0 Å². The third kappa shape index (κ3) is 2.36. The van der Waals surface area contributed by atoms with Gasteiger partial charge in [0.15, 0.2) is 5.78 Å². The second kappa shape index (κ2) is 5.42. The largest absolute Gasteiger partial charge is 0.293 e. The van der Waals surface area contributed by atoms with E-state index in [1.165, 1.54) is 35.3 Å². The van der Waals surface area contributed by atoms with E-state index < -0.39 is 0 Å². The van der Waals surface area contributed by atoms with Gasteiger partial charge in [0.1, 0.15) is 0 Å². The van der Waals surface area contributed by atoms with Crippen molar-refractivity contribution in [1.29, 1.82) is 0 Å². The number of aryl methyl sites for hydroxylation is 1. The molecule has 0 aliphatic heterocycles. The zero-order valence-electron chi connectivity index (χ0n) is 12.2. The van der Waals surface area contributed by atoms with Gasteiger partial charge in [-0.1, -0.05) is 24.6 Å². The monoisotopic (exact) mass is 296 g/mol. The number of rotatable bonds is 3. The van der Waals surface area contributed by atoms with Gasteiger partial charge in [0.25, 0.3) is 0 Å². The summed E-state index contributed by atoms with van der Waals surface area (Å²) in [5.41, 5.74) is 3.59. The maximum Gasteiger partial charge on any atom is 0.170 e. The Kier molecular flexibility index (Phi) is 3.42. The Hall–Kier alpha value is -1.41. The fraction of sp³-hybridized carbons (Fsp3) is 0.421. The first-order valence-corrected chi connectivity index (χ1v) is 8.91. The number of hydrogen-bond donors (Lipinski definition) is 0. The van der Waals surface area contributed by atoms with E-state index in [1.54, 1.807) is 0 Å². The van der Waals surface area contributed by atoms with Crippen LogP contribution >= 0.6 is 11.3 Å². The van der Waals surface area contributed by atoms with Crippen molar-refractivity contribution < 1.29 is 4.79 Å². The number of hydrogen-bond acceptors (Lipinski definition) is 2. The summed E-state index contributed by atoms with van der Waals surface area (Å²) in [6.45, 7) is 0. The number of Topliss-reactive ketones (excluding diaryl/α,β-unsaturated/α-hetero) is 1. The van der Waals surface area contributed by atoms with Crippen LogP contribution in [0, 0.1) is 0 Å². The number of ketones is 1. The average Bonchev–Trinajstić information content (AvgIpc) is 2.93. The minimum atomic E-state index is 0.0941. The summed E-state index contributed by atoms with van der Waals surface area (Å²) in [5.74, 6) is 1.12. The van der Waals surface area contributed by atoms with Crippen molar-refractivity contribution in [2.75, 3.05) is 0 Å². The van der Waals surface area contributed by atoms with E-state index in [0.717, 1.165) is 24.8 Å². The van der Waals surface area contributed by atoms with Crippen LogP contribution in [0.15, 0.2) is 35.7 Å². The molecule has 4 rings (SSSR count). The summed E-state index contributed by atoms with van der Waals surface area (Å²) in [7, 11) is 0. The van der Waals surface area contributed by atoms with Crippen LogP contribution in [-0.2, 0) is 6.42 Å². The molecule has 2 heteroatoms. The predicted octanol–water partition coefficient (Wildman–Crippen LogP) is 5.32. The molecule has 1 saturated carbocycles. The average molecular weight is 296 g/mol. The summed E-state index contributed by atoms with van der Waals surface area (Å²) >= 11 is 1.81. The molecule has 1 aromatic carbocycles. The Balaban J connectivity index is 1.63. The highest BCUT2D eigenvalue weighted by Crippen LogP contribution is 2.39. The third-order valence-corrected chi connectivity index (χ3v) is 6.11. The van der Waals surface area contributed by atoms with E-state index in [1.807, 2.05) is 17.4 Å². The maximum atomic E-state index is 12.9. The lowest BCUT2D eigenvalue weighted by Crippen LogP contribution is -2.18. The number of carbonyl (C=O) groups is 1. The molecule has 0 spiro atoms. The zero-order chi connectivity index (χ0) is 14.2. The van der Waals surface area contributed by atoms with Crippen LogP contribution in [0.1, 0.15) is 70.3 Å². The van der Waals surface area contributed by atoms with Crippen molar-refractivity contribution in [3.63, 3.8) is 0 Å². The van der Waals surface area contributed by atoms with Gasteiger partial charge in [-0.05, 0) is 66.7 Å². The molecule has 1 heterocycles. The first kappa shape index (κ1) is 13.3. The first-order chi connectivity index (χ1) is 10.3. The van der Waals surface area contributed by atoms with Crippen LogP contribution in [-0.4, -0.2) is 5.78 Å². The number of benzene rings is 1. The highest BCUT2D eigenvalue weighted by Gasteiger charge is 2.28. The Morgan fingerprint density at radius 3 is 2.81 bits per heavy atom. The molecular weight excluding hydrogens is 276 g/mol. The van der Waals surface area contributed by atoms with Gasteiger partial charge in [-0.15, -0.1) is 11.3 Å². The minimum Gasteiger partial charge on any atom is -0.293 e. The molecule has 0 radical (unpaired) electrons. The van der Waals surface area contributed by atoms with E-state index in [-0.39, 0.29) is 5.92 Å². The predicted molar refractivity (Wildman–Crippen MR) is 87.4 cm³/mol. The molecule has 2 aromatic rings. The zero-order valence-corrected chi connectivity index (χ0v) is 13.0. The van der Waals surface area contributed by atoms with Crippen molar-refractivity contribution in [3.05, 3.63) is 57.3 Å². The van der Waals surface area contributed by atoms with Gasteiger partial charge in [-0.2, -0.15) is 0 Å². The van der Waals surface area contributed by atoms with Crippen molar-refractivity contribution in [2.24, 2.45) is 0 Å². The van der Waals surface area contributed by atoms with Gasteiger partial charge in [0.2, 0.25) is 0 Å². The Labute approximate surface area is 130 Å². The van der Waals surface area contributed by atoms with Crippen molar-refractivity contribution >= 4 is 17.1 Å². The molecule has 2 aliphatic carbocycles. The fourth-order valence-electron chi connectivity index (χ4n) is 3.65. The number of carbonyl (C=O) groups excluding carboxylic acids is 1. The van der Waals surface area contributed by atoms with E-state index in [2.05, 4.69) is 29.6 Å². The van der Waals surface area contributed by atoms with Crippen LogP contribution in [0.4, 0.5) is 0 Å². The van der Waals surface area contributed by atoms with Gasteiger partial charge in [0, 0.05) is 16.4 Å². The van der Waals surface area contributed by atoms with E-state index >= 15 is 0 Å². The maximum absolute atomic E-state index is 12.9. The molecule has 21 heavy (non-hydrogen) atoms. The normalized spacial score (nSPS) is 21.6. The van der Waals surface area contributed by atoms with Crippen LogP contribution in [0.25, 0.3) is 0 Å². The van der Waals surface area contributed by atoms with E-state index in [0.29, 0.717) is 11.7 Å². The Bertz CT molecular complexity index is 666. The SMILES string of the molecule is O=C(c1cccc(C2CCC2)c1)C1CCCc2sccc21. The van der Waals surface area contributed by atoms with Gasteiger partial charge >= 0.3 is 0 Å².